The maximum Gasteiger partial charge on any atom is 0.199 e. The van der Waals surface area contributed by atoms with Crippen LogP contribution in [0, 0.1) is 0 Å². The zero-order valence-corrected chi connectivity index (χ0v) is 10.9. The Hall–Kier alpha value is -2.33. The first kappa shape index (κ1) is 12.7. The molecule has 2 atom stereocenters. The second-order valence-electron chi connectivity index (χ2n) is 4.62. The molecule has 1 aliphatic rings. The fourth-order valence-corrected chi connectivity index (χ4v) is 2.31. The summed E-state index contributed by atoms with van der Waals surface area (Å²) in [5.41, 5.74) is 1.16. The number of benzene rings is 2. The standard InChI is InChI=1S/C16H14O4/c1-19-11-8-6-10(7-9-11)16-15(18)14(17)12-4-2-3-5-13(12)20-16/h2-9,15-16,18H,1H3/t15-,16-/m1/s1. The van der Waals surface area contributed by atoms with Gasteiger partial charge in [0.2, 0.25) is 0 Å². The maximum absolute atomic E-state index is 12.2. The Morgan fingerprint density at radius 3 is 2.50 bits per heavy atom. The van der Waals surface area contributed by atoms with E-state index in [1.165, 1.54) is 0 Å². The predicted molar refractivity (Wildman–Crippen MR) is 73.1 cm³/mol. The van der Waals surface area contributed by atoms with Crippen molar-refractivity contribution in [3.63, 3.8) is 0 Å². The lowest BCUT2D eigenvalue weighted by atomic mass is 9.93. The van der Waals surface area contributed by atoms with E-state index in [1.807, 2.05) is 0 Å². The van der Waals surface area contributed by atoms with Gasteiger partial charge < -0.3 is 14.6 Å². The highest BCUT2D eigenvalue weighted by atomic mass is 16.5. The summed E-state index contributed by atoms with van der Waals surface area (Å²) >= 11 is 0. The van der Waals surface area contributed by atoms with Crippen molar-refractivity contribution in [2.24, 2.45) is 0 Å². The lowest BCUT2D eigenvalue weighted by molar-refractivity contribution is 0.0216. The van der Waals surface area contributed by atoms with Gasteiger partial charge in [-0.2, -0.15) is 0 Å². The first-order chi connectivity index (χ1) is 9.70. The largest absolute Gasteiger partial charge is 0.497 e. The molecule has 4 heteroatoms. The summed E-state index contributed by atoms with van der Waals surface area (Å²) in [7, 11) is 1.58. The van der Waals surface area contributed by atoms with Crippen LogP contribution in [0.1, 0.15) is 22.0 Å². The number of hydrogen-bond donors (Lipinski definition) is 1. The van der Waals surface area contributed by atoms with Crippen LogP contribution in [0.25, 0.3) is 0 Å². The number of carbonyl (C=O) groups is 1. The number of aliphatic hydroxyl groups is 1. The van der Waals surface area contributed by atoms with Gasteiger partial charge in [-0.05, 0) is 29.8 Å². The first-order valence-corrected chi connectivity index (χ1v) is 6.32. The number of fused-ring (bicyclic) bond motifs is 1. The summed E-state index contributed by atoms with van der Waals surface area (Å²) in [5.74, 6) is 0.905. The molecule has 0 radical (unpaired) electrons. The topological polar surface area (TPSA) is 55.8 Å². The molecule has 102 valence electrons. The van der Waals surface area contributed by atoms with Gasteiger partial charge >= 0.3 is 0 Å². The third kappa shape index (κ3) is 2.04. The highest BCUT2D eigenvalue weighted by Crippen LogP contribution is 2.35. The van der Waals surface area contributed by atoms with Gasteiger partial charge in [0.05, 0.1) is 12.7 Å². The smallest absolute Gasteiger partial charge is 0.199 e. The second kappa shape index (κ2) is 4.98. The lowest BCUT2D eigenvalue weighted by Crippen LogP contribution is -2.36. The van der Waals surface area contributed by atoms with Crippen LogP contribution in [0.5, 0.6) is 11.5 Å². The van der Waals surface area contributed by atoms with E-state index in [4.69, 9.17) is 9.47 Å². The Kier molecular flexibility index (Phi) is 3.16. The molecule has 1 N–H and O–H groups in total. The molecular weight excluding hydrogens is 256 g/mol. The van der Waals surface area contributed by atoms with Crippen molar-refractivity contribution in [3.8, 4) is 11.5 Å². The fraction of sp³-hybridized carbons (Fsp3) is 0.188. The van der Waals surface area contributed by atoms with Crippen LogP contribution in [0.4, 0.5) is 0 Å². The van der Waals surface area contributed by atoms with Gasteiger partial charge in [-0.3, -0.25) is 4.79 Å². The number of aliphatic hydroxyl groups excluding tert-OH is 1. The van der Waals surface area contributed by atoms with Crippen LogP contribution in [-0.2, 0) is 0 Å². The molecule has 3 rings (SSSR count). The summed E-state index contributed by atoms with van der Waals surface area (Å²) in [6.07, 6.45) is -1.89. The minimum absolute atomic E-state index is 0.312. The van der Waals surface area contributed by atoms with Gasteiger partial charge in [0, 0.05) is 0 Å². The van der Waals surface area contributed by atoms with Crippen molar-refractivity contribution in [2.75, 3.05) is 7.11 Å². The first-order valence-electron chi connectivity index (χ1n) is 6.32. The van der Waals surface area contributed by atoms with Crippen LogP contribution in [0.15, 0.2) is 48.5 Å². The summed E-state index contributed by atoms with van der Waals surface area (Å²) in [5, 5.41) is 10.2. The summed E-state index contributed by atoms with van der Waals surface area (Å²) in [6, 6.07) is 14.1. The predicted octanol–water partition coefficient (Wildman–Crippen LogP) is 2.37. The number of rotatable bonds is 2. The number of Topliss-reactive ketones (excluding diaryl/α,β-unsaturated/α-hetero) is 1. The number of ether oxygens (including phenoxy) is 2. The van der Waals surface area contributed by atoms with Gasteiger partial charge in [-0.25, -0.2) is 0 Å². The molecule has 0 saturated carbocycles. The molecule has 20 heavy (non-hydrogen) atoms. The van der Waals surface area contributed by atoms with Gasteiger partial charge in [0.15, 0.2) is 18.0 Å². The molecule has 4 nitrogen and oxygen atoms in total. The quantitative estimate of drug-likeness (QED) is 0.910. The Balaban J connectivity index is 1.97. The van der Waals surface area contributed by atoms with E-state index in [-0.39, 0.29) is 5.78 Å². The molecular formula is C16H14O4. The minimum Gasteiger partial charge on any atom is -0.497 e. The van der Waals surface area contributed by atoms with Crippen molar-refractivity contribution < 1.29 is 19.4 Å². The Morgan fingerprint density at radius 2 is 1.80 bits per heavy atom. The number of methoxy groups -OCH3 is 1. The van der Waals surface area contributed by atoms with E-state index < -0.39 is 12.2 Å². The SMILES string of the molecule is COc1ccc([C@H]2Oc3ccccc3C(=O)[C@H]2O)cc1. The molecule has 0 spiro atoms. The third-order valence-corrected chi connectivity index (χ3v) is 3.41. The Morgan fingerprint density at radius 1 is 1.10 bits per heavy atom. The van der Waals surface area contributed by atoms with Gasteiger partial charge in [0.25, 0.3) is 0 Å². The molecule has 0 aromatic heterocycles. The lowest BCUT2D eigenvalue weighted by Gasteiger charge is -2.29. The van der Waals surface area contributed by atoms with Crippen LogP contribution in [-0.4, -0.2) is 24.1 Å². The summed E-state index contributed by atoms with van der Waals surface area (Å²) < 4.78 is 10.9. The molecule has 0 fully saturated rings. The molecule has 0 amide bonds. The number of carbonyl (C=O) groups excluding carboxylic acids is 1. The summed E-state index contributed by atoms with van der Waals surface area (Å²) in [4.78, 5) is 12.2. The van der Waals surface area contributed by atoms with Gasteiger partial charge in [-0.15, -0.1) is 0 Å². The number of hydrogen-bond acceptors (Lipinski definition) is 4. The highest BCUT2D eigenvalue weighted by molar-refractivity contribution is 6.03. The molecule has 2 aromatic carbocycles. The van der Waals surface area contributed by atoms with Crippen LogP contribution in [0.3, 0.4) is 0 Å². The van der Waals surface area contributed by atoms with E-state index in [1.54, 1.807) is 55.6 Å². The van der Waals surface area contributed by atoms with Crippen molar-refractivity contribution in [3.05, 3.63) is 59.7 Å². The van der Waals surface area contributed by atoms with Gasteiger partial charge in [0.1, 0.15) is 11.5 Å². The average Bonchev–Trinajstić information content (AvgIpc) is 2.51. The molecule has 2 aromatic rings. The van der Waals surface area contributed by atoms with Crippen molar-refractivity contribution in [1.29, 1.82) is 0 Å². The molecule has 0 saturated heterocycles. The van der Waals surface area contributed by atoms with Crippen LogP contribution < -0.4 is 9.47 Å². The van der Waals surface area contributed by atoms with E-state index in [0.29, 0.717) is 17.1 Å². The Labute approximate surface area is 116 Å². The molecule has 1 heterocycles. The Bertz CT molecular complexity index is 633. The zero-order valence-electron chi connectivity index (χ0n) is 10.9. The normalized spacial score (nSPS) is 21.0. The van der Waals surface area contributed by atoms with E-state index >= 15 is 0 Å². The molecule has 0 bridgehead atoms. The van der Waals surface area contributed by atoms with Crippen molar-refractivity contribution in [1.82, 2.24) is 0 Å². The fourth-order valence-electron chi connectivity index (χ4n) is 2.31. The highest BCUT2D eigenvalue weighted by Gasteiger charge is 2.36. The van der Waals surface area contributed by atoms with E-state index in [9.17, 15) is 9.90 Å². The van der Waals surface area contributed by atoms with Crippen LogP contribution in [0.2, 0.25) is 0 Å². The summed E-state index contributed by atoms with van der Waals surface area (Å²) in [6.45, 7) is 0. The van der Waals surface area contributed by atoms with Crippen molar-refractivity contribution in [2.45, 2.75) is 12.2 Å². The van der Waals surface area contributed by atoms with E-state index in [2.05, 4.69) is 0 Å². The molecule has 1 aliphatic heterocycles. The second-order valence-corrected chi connectivity index (χ2v) is 4.62. The van der Waals surface area contributed by atoms with Crippen LogP contribution >= 0.6 is 0 Å². The van der Waals surface area contributed by atoms with Gasteiger partial charge in [-0.1, -0.05) is 24.3 Å². The number of para-hydroxylation sites is 1. The molecule has 0 unspecified atom stereocenters. The monoisotopic (exact) mass is 270 g/mol. The average molecular weight is 270 g/mol. The zero-order chi connectivity index (χ0) is 14.1. The third-order valence-electron chi connectivity index (χ3n) is 3.41. The van der Waals surface area contributed by atoms with Crippen molar-refractivity contribution >= 4 is 5.78 Å². The maximum atomic E-state index is 12.2. The number of ketones is 1. The van der Waals surface area contributed by atoms with E-state index in [0.717, 1.165) is 5.56 Å². The molecule has 0 aliphatic carbocycles. The minimum atomic E-state index is -1.20.